The molecule has 0 atom stereocenters. The van der Waals surface area contributed by atoms with Crippen molar-refractivity contribution in [3.05, 3.63) is 41.5 Å². The molecule has 2 N–H and O–H groups in total. The highest BCUT2D eigenvalue weighted by molar-refractivity contribution is 7.78. The summed E-state index contributed by atoms with van der Waals surface area (Å²) in [6.45, 7) is 1.86. The first-order chi connectivity index (χ1) is 7.16. The number of hydrogen-bond donors (Lipinski definition) is 2. The average molecular weight is 220 g/mol. The van der Waals surface area contributed by atoms with E-state index in [0.717, 1.165) is 22.9 Å². The van der Waals surface area contributed by atoms with Gasteiger partial charge in [-0.05, 0) is 31.4 Å². The average Bonchev–Trinajstić information content (AvgIpc) is 2.50. The zero-order chi connectivity index (χ0) is 10.8. The minimum Gasteiger partial charge on any atom is -0.398 e. The van der Waals surface area contributed by atoms with E-state index >= 15 is 0 Å². The van der Waals surface area contributed by atoms with E-state index in [1.807, 2.05) is 31.2 Å². The normalized spacial score (nSPS) is 10.5. The van der Waals surface area contributed by atoms with Crippen LogP contribution in [-0.2, 0) is 6.42 Å². The Kier molecular flexibility index (Phi) is 2.64. The van der Waals surface area contributed by atoms with Crippen molar-refractivity contribution in [3.63, 3.8) is 0 Å². The number of nitrogen functional groups attached to an aromatic ring is 1. The van der Waals surface area contributed by atoms with E-state index in [-0.39, 0.29) is 0 Å². The van der Waals surface area contributed by atoms with Crippen molar-refractivity contribution in [1.82, 2.24) is 14.2 Å². The number of nitrogens with two attached hydrogens (primary N) is 1. The molecule has 15 heavy (non-hydrogen) atoms. The van der Waals surface area contributed by atoms with Crippen LogP contribution in [-0.4, -0.2) is 14.2 Å². The van der Waals surface area contributed by atoms with Crippen molar-refractivity contribution < 1.29 is 0 Å². The van der Waals surface area contributed by atoms with E-state index < -0.39 is 0 Å². The van der Waals surface area contributed by atoms with Crippen molar-refractivity contribution in [2.75, 3.05) is 5.73 Å². The summed E-state index contributed by atoms with van der Waals surface area (Å²) in [6, 6.07) is 7.72. The van der Waals surface area contributed by atoms with Gasteiger partial charge in [-0.2, -0.15) is 4.09 Å². The Labute approximate surface area is 93.7 Å². The highest BCUT2D eigenvalue weighted by Gasteiger charge is 2.06. The first-order valence-electron chi connectivity index (χ1n) is 4.62. The Morgan fingerprint density at radius 1 is 1.40 bits per heavy atom. The Hall–Kier alpha value is -1.49. The molecule has 0 saturated heterocycles. The Bertz CT molecular complexity index is 459. The summed E-state index contributed by atoms with van der Waals surface area (Å²) in [4.78, 5) is 4.27. The lowest BCUT2D eigenvalue weighted by molar-refractivity contribution is 0.930. The van der Waals surface area contributed by atoms with Crippen LogP contribution in [0.1, 0.15) is 17.2 Å². The molecule has 1 aromatic heterocycles. The smallest absolute Gasteiger partial charge is 0.156 e. The summed E-state index contributed by atoms with van der Waals surface area (Å²) in [5, 5.41) is 4.16. The molecule has 0 aliphatic carbocycles. The van der Waals surface area contributed by atoms with Crippen LogP contribution in [0.3, 0.4) is 0 Å². The quantitative estimate of drug-likeness (QED) is 0.595. The maximum atomic E-state index is 5.83. The number of nitrogens with zero attached hydrogens (tertiary/aromatic N) is 3. The summed E-state index contributed by atoms with van der Waals surface area (Å²) in [6.07, 6.45) is 0.640. The molecular formula is C10H12N4S. The first-order valence-corrected chi connectivity index (χ1v) is 5.02. The molecule has 0 spiro atoms. The molecule has 0 unspecified atom stereocenters. The van der Waals surface area contributed by atoms with Crippen molar-refractivity contribution in [3.8, 4) is 0 Å². The summed E-state index contributed by atoms with van der Waals surface area (Å²) in [7, 11) is 0. The van der Waals surface area contributed by atoms with Crippen LogP contribution in [0.15, 0.2) is 24.3 Å². The molecule has 1 heterocycles. The molecule has 0 amide bonds. The minimum absolute atomic E-state index is 0.640. The predicted octanol–water partition coefficient (Wildman–Crippen LogP) is 1.45. The number of hydrogen-bond acceptors (Lipinski definition) is 4. The second-order valence-corrected chi connectivity index (χ2v) is 3.72. The van der Waals surface area contributed by atoms with Crippen LogP contribution in [0.25, 0.3) is 0 Å². The number of thiol groups is 1. The Morgan fingerprint density at radius 3 is 2.73 bits per heavy atom. The largest absolute Gasteiger partial charge is 0.398 e. The standard InChI is InChI=1S/C10H12N4S/c1-7-12-10(13-14(7)15)6-8-4-2-3-5-9(8)11/h2-5,15H,6,11H2,1H3. The molecule has 5 heteroatoms. The van der Waals surface area contributed by atoms with Gasteiger partial charge >= 0.3 is 0 Å². The Morgan fingerprint density at radius 2 is 2.13 bits per heavy atom. The SMILES string of the molecule is Cc1nc(Cc2ccccc2N)nn1S. The second kappa shape index (κ2) is 3.94. The molecule has 1 aromatic carbocycles. The predicted molar refractivity (Wildman–Crippen MR) is 62.8 cm³/mol. The van der Waals surface area contributed by atoms with Gasteiger partial charge in [-0.1, -0.05) is 18.2 Å². The number of rotatable bonds is 2. The van der Waals surface area contributed by atoms with Gasteiger partial charge < -0.3 is 5.73 Å². The van der Waals surface area contributed by atoms with Crippen LogP contribution >= 0.6 is 12.8 Å². The fraction of sp³-hybridized carbons (Fsp3) is 0.200. The highest BCUT2D eigenvalue weighted by atomic mass is 32.1. The van der Waals surface area contributed by atoms with Crippen LogP contribution in [0.2, 0.25) is 0 Å². The van der Waals surface area contributed by atoms with E-state index in [1.165, 1.54) is 4.09 Å². The van der Waals surface area contributed by atoms with Gasteiger partial charge in [-0.3, -0.25) is 0 Å². The van der Waals surface area contributed by atoms with Crippen LogP contribution in [0.5, 0.6) is 0 Å². The van der Waals surface area contributed by atoms with E-state index in [2.05, 4.69) is 22.9 Å². The van der Waals surface area contributed by atoms with Gasteiger partial charge in [0.15, 0.2) is 5.82 Å². The summed E-state index contributed by atoms with van der Waals surface area (Å²) in [5.41, 5.74) is 7.64. The summed E-state index contributed by atoms with van der Waals surface area (Å²) >= 11 is 4.12. The van der Waals surface area contributed by atoms with E-state index in [1.54, 1.807) is 0 Å². The van der Waals surface area contributed by atoms with Gasteiger partial charge in [0, 0.05) is 12.1 Å². The van der Waals surface area contributed by atoms with Crippen molar-refractivity contribution in [2.24, 2.45) is 0 Å². The molecule has 4 nitrogen and oxygen atoms in total. The number of benzene rings is 1. The van der Waals surface area contributed by atoms with Crippen LogP contribution in [0, 0.1) is 6.92 Å². The monoisotopic (exact) mass is 220 g/mol. The van der Waals surface area contributed by atoms with Gasteiger partial charge in [-0.15, -0.1) is 5.10 Å². The third kappa shape index (κ3) is 2.12. The lowest BCUT2D eigenvalue weighted by Gasteiger charge is -2.01. The molecule has 2 aromatic rings. The maximum Gasteiger partial charge on any atom is 0.156 e. The Balaban J connectivity index is 2.26. The minimum atomic E-state index is 0.640. The van der Waals surface area contributed by atoms with Crippen molar-refractivity contribution in [1.29, 1.82) is 0 Å². The zero-order valence-corrected chi connectivity index (χ0v) is 9.28. The maximum absolute atomic E-state index is 5.83. The van der Waals surface area contributed by atoms with E-state index in [4.69, 9.17) is 5.73 Å². The topological polar surface area (TPSA) is 56.7 Å². The molecule has 0 fully saturated rings. The van der Waals surface area contributed by atoms with E-state index in [0.29, 0.717) is 6.42 Å². The summed E-state index contributed by atoms with van der Waals surface area (Å²) < 4.78 is 1.47. The fourth-order valence-corrected chi connectivity index (χ4v) is 1.52. The van der Waals surface area contributed by atoms with Crippen molar-refractivity contribution in [2.45, 2.75) is 13.3 Å². The third-order valence-electron chi connectivity index (χ3n) is 2.19. The van der Waals surface area contributed by atoms with E-state index in [9.17, 15) is 0 Å². The first kappa shape index (κ1) is 10.0. The molecule has 0 radical (unpaired) electrons. The molecular weight excluding hydrogens is 208 g/mol. The zero-order valence-electron chi connectivity index (χ0n) is 8.38. The molecule has 2 rings (SSSR count). The number of anilines is 1. The van der Waals surface area contributed by atoms with Gasteiger partial charge in [0.05, 0.1) is 0 Å². The number of para-hydroxylation sites is 1. The number of aromatic nitrogens is 3. The van der Waals surface area contributed by atoms with Crippen LogP contribution < -0.4 is 5.73 Å². The molecule has 0 bridgehead atoms. The second-order valence-electron chi connectivity index (χ2n) is 3.34. The lowest BCUT2D eigenvalue weighted by Crippen LogP contribution is -1.97. The fourth-order valence-electron chi connectivity index (χ4n) is 1.38. The summed E-state index contributed by atoms with van der Waals surface area (Å²) in [5.74, 6) is 1.52. The van der Waals surface area contributed by atoms with Gasteiger partial charge in [0.2, 0.25) is 0 Å². The molecule has 0 saturated carbocycles. The number of aryl methyl sites for hydroxylation is 1. The third-order valence-corrected chi connectivity index (χ3v) is 2.57. The van der Waals surface area contributed by atoms with Gasteiger partial charge in [-0.25, -0.2) is 4.98 Å². The molecule has 0 aliphatic rings. The van der Waals surface area contributed by atoms with Gasteiger partial charge in [0.25, 0.3) is 0 Å². The molecule has 0 aliphatic heterocycles. The van der Waals surface area contributed by atoms with Crippen molar-refractivity contribution >= 4 is 18.5 Å². The highest BCUT2D eigenvalue weighted by Crippen LogP contribution is 2.14. The van der Waals surface area contributed by atoms with Crippen LogP contribution in [0.4, 0.5) is 5.69 Å². The van der Waals surface area contributed by atoms with Gasteiger partial charge in [0.1, 0.15) is 5.82 Å². The molecule has 78 valence electrons. The lowest BCUT2D eigenvalue weighted by atomic mass is 10.1.